The van der Waals surface area contributed by atoms with Gasteiger partial charge in [0.05, 0.1) is 22.4 Å². The largest absolute Gasteiger partial charge is 0.489 e. The Labute approximate surface area is 197 Å². The van der Waals surface area contributed by atoms with Crippen molar-refractivity contribution >= 4 is 23.5 Å². The van der Waals surface area contributed by atoms with Gasteiger partial charge in [0, 0.05) is 5.56 Å². The number of hydrogen-bond donors (Lipinski definition) is 1. The summed E-state index contributed by atoms with van der Waals surface area (Å²) < 4.78 is 7.80. The van der Waals surface area contributed by atoms with Gasteiger partial charge in [0.25, 0.3) is 0 Å². The number of thioether (sulfide) groups is 1. The maximum absolute atomic E-state index is 12.6. The van der Waals surface area contributed by atoms with Crippen LogP contribution in [0.15, 0.2) is 78.9 Å². The van der Waals surface area contributed by atoms with Crippen LogP contribution in [0.5, 0.6) is 5.75 Å². The predicted molar refractivity (Wildman–Crippen MR) is 133 cm³/mol. The van der Waals surface area contributed by atoms with E-state index >= 15 is 0 Å². The van der Waals surface area contributed by atoms with Crippen molar-refractivity contribution in [2.45, 2.75) is 25.7 Å². The molecule has 5 rings (SSSR count). The van der Waals surface area contributed by atoms with Crippen LogP contribution < -0.4 is 10.1 Å². The molecule has 5 nitrogen and oxygen atoms in total. The second kappa shape index (κ2) is 9.16. The summed E-state index contributed by atoms with van der Waals surface area (Å²) in [7, 11) is 0. The molecule has 6 heteroatoms. The average molecular weight is 456 g/mol. The lowest BCUT2D eigenvalue weighted by Crippen LogP contribution is -2.15. The van der Waals surface area contributed by atoms with Crippen LogP contribution in [0, 0.1) is 13.8 Å². The van der Waals surface area contributed by atoms with E-state index in [-0.39, 0.29) is 11.2 Å². The number of ether oxygens (including phenoxy) is 1. The first-order valence-corrected chi connectivity index (χ1v) is 12.0. The van der Waals surface area contributed by atoms with Crippen molar-refractivity contribution in [2.75, 3.05) is 11.1 Å². The highest BCUT2D eigenvalue weighted by Crippen LogP contribution is 2.44. The highest BCUT2D eigenvalue weighted by Gasteiger charge is 2.30. The quantitative estimate of drug-likeness (QED) is 0.411. The van der Waals surface area contributed by atoms with E-state index < -0.39 is 0 Å². The number of aryl methyl sites for hydroxylation is 2. The topological polar surface area (TPSA) is 56.2 Å². The van der Waals surface area contributed by atoms with Gasteiger partial charge in [-0.25, -0.2) is 4.68 Å². The standard InChI is InChI=1S/C27H25N3O2S/c1-18-8-12-22(13-9-18)30-27-25(19(2)29-30)26(33-17-24(31)28-27)21-10-14-23(15-11-21)32-16-20-6-4-3-5-7-20/h3-15,26H,16-17H2,1-2H3,(H,28,31). The summed E-state index contributed by atoms with van der Waals surface area (Å²) in [6.07, 6.45) is 0. The molecular weight excluding hydrogens is 430 g/mol. The van der Waals surface area contributed by atoms with E-state index in [2.05, 4.69) is 48.6 Å². The zero-order valence-corrected chi connectivity index (χ0v) is 19.4. The van der Waals surface area contributed by atoms with Crippen LogP contribution in [-0.4, -0.2) is 21.4 Å². The van der Waals surface area contributed by atoms with E-state index in [1.165, 1.54) is 5.56 Å². The molecule has 0 fully saturated rings. The summed E-state index contributed by atoms with van der Waals surface area (Å²) in [5.41, 5.74) is 6.33. The summed E-state index contributed by atoms with van der Waals surface area (Å²) in [5, 5.41) is 7.88. The summed E-state index contributed by atoms with van der Waals surface area (Å²) in [6, 6.07) is 26.5. The summed E-state index contributed by atoms with van der Waals surface area (Å²) in [5.74, 6) is 1.95. The van der Waals surface area contributed by atoms with Crippen molar-refractivity contribution in [3.63, 3.8) is 0 Å². The van der Waals surface area contributed by atoms with Gasteiger partial charge in [-0.2, -0.15) is 5.10 Å². The van der Waals surface area contributed by atoms with Crippen molar-refractivity contribution in [3.05, 3.63) is 107 Å². The zero-order chi connectivity index (χ0) is 22.8. The first-order chi connectivity index (χ1) is 16.1. The Kier molecular flexibility index (Phi) is 5.92. The SMILES string of the molecule is Cc1ccc(-n2nc(C)c3c2NC(=O)CSC3c2ccc(OCc3ccccc3)cc2)cc1. The Bertz CT molecular complexity index is 1270. The molecule has 0 spiro atoms. The fraction of sp³-hybridized carbons (Fsp3) is 0.185. The molecule has 1 unspecified atom stereocenters. The first-order valence-electron chi connectivity index (χ1n) is 10.9. The second-order valence-corrected chi connectivity index (χ2v) is 9.27. The lowest BCUT2D eigenvalue weighted by Gasteiger charge is -2.16. The number of fused-ring (bicyclic) bond motifs is 1. The summed E-state index contributed by atoms with van der Waals surface area (Å²) >= 11 is 1.62. The monoisotopic (exact) mass is 455 g/mol. The van der Waals surface area contributed by atoms with E-state index in [1.807, 2.05) is 54.1 Å². The highest BCUT2D eigenvalue weighted by molar-refractivity contribution is 8.00. The van der Waals surface area contributed by atoms with Gasteiger partial charge in [0.2, 0.25) is 5.91 Å². The van der Waals surface area contributed by atoms with Crippen LogP contribution in [0.1, 0.15) is 33.2 Å². The van der Waals surface area contributed by atoms with Gasteiger partial charge in [0.15, 0.2) is 0 Å². The molecule has 2 heterocycles. The normalized spacial score (nSPS) is 15.5. The lowest BCUT2D eigenvalue weighted by atomic mass is 10.0. The molecule has 1 N–H and O–H groups in total. The minimum Gasteiger partial charge on any atom is -0.489 e. The maximum atomic E-state index is 12.6. The van der Waals surface area contributed by atoms with Crippen molar-refractivity contribution in [1.29, 1.82) is 0 Å². The number of nitrogens with zero attached hydrogens (tertiary/aromatic N) is 2. The fourth-order valence-electron chi connectivity index (χ4n) is 4.00. The van der Waals surface area contributed by atoms with Gasteiger partial charge in [-0.1, -0.05) is 60.2 Å². The smallest absolute Gasteiger partial charge is 0.235 e. The third-order valence-electron chi connectivity index (χ3n) is 5.72. The minimum absolute atomic E-state index is 0.00122. The number of benzene rings is 3. The molecule has 1 amide bonds. The molecule has 0 radical (unpaired) electrons. The van der Waals surface area contributed by atoms with E-state index in [9.17, 15) is 4.79 Å². The van der Waals surface area contributed by atoms with Crippen molar-refractivity contribution in [1.82, 2.24) is 9.78 Å². The molecule has 1 aromatic heterocycles. The summed E-state index contributed by atoms with van der Waals surface area (Å²) in [6.45, 7) is 4.59. The Hall–Kier alpha value is -3.51. The van der Waals surface area contributed by atoms with Crippen LogP contribution in [0.4, 0.5) is 5.82 Å². The van der Waals surface area contributed by atoms with E-state index in [1.54, 1.807) is 11.8 Å². The molecule has 4 aromatic rings. The molecule has 1 aliphatic heterocycles. The van der Waals surface area contributed by atoms with Crippen molar-refractivity contribution < 1.29 is 9.53 Å². The van der Waals surface area contributed by atoms with Gasteiger partial charge in [0.1, 0.15) is 18.2 Å². The molecular formula is C27H25N3O2S. The summed E-state index contributed by atoms with van der Waals surface area (Å²) in [4.78, 5) is 12.6. The zero-order valence-electron chi connectivity index (χ0n) is 18.6. The highest BCUT2D eigenvalue weighted by atomic mass is 32.2. The number of rotatable bonds is 5. The minimum atomic E-state index is -0.0140. The third kappa shape index (κ3) is 4.52. The number of nitrogens with one attached hydrogen (secondary N) is 1. The van der Waals surface area contributed by atoms with Crippen LogP contribution in [0.3, 0.4) is 0 Å². The molecule has 1 atom stereocenters. The Morgan fingerprint density at radius 1 is 1.00 bits per heavy atom. The Morgan fingerprint density at radius 3 is 2.45 bits per heavy atom. The molecule has 3 aromatic carbocycles. The number of carbonyl (C=O) groups is 1. The fourth-order valence-corrected chi connectivity index (χ4v) is 5.19. The number of amides is 1. The van der Waals surface area contributed by atoms with Crippen molar-refractivity contribution in [3.8, 4) is 11.4 Å². The molecule has 0 saturated carbocycles. The first kappa shape index (κ1) is 21.3. The van der Waals surface area contributed by atoms with Gasteiger partial charge in [-0.05, 0) is 49.2 Å². The van der Waals surface area contributed by atoms with Crippen LogP contribution in [-0.2, 0) is 11.4 Å². The Morgan fingerprint density at radius 2 is 1.73 bits per heavy atom. The van der Waals surface area contributed by atoms with Crippen molar-refractivity contribution in [2.24, 2.45) is 0 Å². The Balaban J connectivity index is 1.45. The number of carbonyl (C=O) groups excluding carboxylic acids is 1. The van der Waals surface area contributed by atoms with Crippen LogP contribution in [0.25, 0.3) is 5.69 Å². The molecule has 1 aliphatic rings. The predicted octanol–water partition coefficient (Wildman–Crippen LogP) is 5.84. The lowest BCUT2D eigenvalue weighted by molar-refractivity contribution is -0.113. The van der Waals surface area contributed by atoms with E-state index in [4.69, 9.17) is 9.84 Å². The average Bonchev–Trinajstić information content (AvgIpc) is 3.04. The molecule has 0 saturated heterocycles. The third-order valence-corrected chi connectivity index (χ3v) is 6.99. The number of aromatic nitrogens is 2. The number of anilines is 1. The molecule has 0 bridgehead atoms. The van der Waals surface area contributed by atoms with E-state index in [0.29, 0.717) is 12.4 Å². The maximum Gasteiger partial charge on any atom is 0.235 e. The van der Waals surface area contributed by atoms with Gasteiger partial charge >= 0.3 is 0 Å². The number of hydrogen-bond acceptors (Lipinski definition) is 4. The molecule has 33 heavy (non-hydrogen) atoms. The second-order valence-electron chi connectivity index (χ2n) is 8.18. The van der Waals surface area contributed by atoms with Gasteiger partial charge in [-0.15, -0.1) is 11.8 Å². The van der Waals surface area contributed by atoms with Crippen LogP contribution in [0.2, 0.25) is 0 Å². The van der Waals surface area contributed by atoms with E-state index in [0.717, 1.165) is 39.6 Å². The van der Waals surface area contributed by atoms with Gasteiger partial charge < -0.3 is 10.1 Å². The van der Waals surface area contributed by atoms with Gasteiger partial charge in [-0.3, -0.25) is 4.79 Å². The molecule has 166 valence electrons. The molecule has 0 aliphatic carbocycles. The van der Waals surface area contributed by atoms with Crippen LogP contribution >= 0.6 is 11.8 Å².